The number of nitrogens with zero attached hydrogens (tertiary/aromatic N) is 1. The third kappa shape index (κ3) is 19.8. The lowest BCUT2D eigenvalue weighted by molar-refractivity contribution is 0.197. The number of thiol groups is 1. The van der Waals surface area contributed by atoms with Crippen molar-refractivity contribution in [3.63, 3.8) is 0 Å². The molecule has 0 bridgehead atoms. The van der Waals surface area contributed by atoms with E-state index in [4.69, 9.17) is 5.11 Å². The van der Waals surface area contributed by atoms with Crippen molar-refractivity contribution in [1.82, 2.24) is 9.62 Å². The van der Waals surface area contributed by atoms with Gasteiger partial charge < -0.3 is 10.4 Å². The van der Waals surface area contributed by atoms with Crippen LogP contribution in [-0.2, 0) is 0 Å². The molecular formula is C10H24N2O2S. The van der Waals surface area contributed by atoms with Crippen molar-refractivity contribution < 1.29 is 9.90 Å². The van der Waals surface area contributed by atoms with Crippen LogP contribution in [0, 0.1) is 0 Å². The molecule has 0 saturated carbocycles. The normalized spacial score (nSPS) is 9.40. The van der Waals surface area contributed by atoms with Gasteiger partial charge in [0.05, 0.1) is 0 Å². The molecule has 0 unspecified atom stereocenters. The average molecular weight is 236 g/mol. The highest BCUT2D eigenvalue weighted by atomic mass is 32.1. The lowest BCUT2D eigenvalue weighted by Crippen LogP contribution is -2.14. The Morgan fingerprint density at radius 1 is 1.27 bits per heavy atom. The van der Waals surface area contributed by atoms with E-state index in [0.717, 1.165) is 13.1 Å². The first-order valence-electron chi connectivity index (χ1n) is 5.42. The summed E-state index contributed by atoms with van der Waals surface area (Å²) >= 11 is 4.33. The zero-order valence-corrected chi connectivity index (χ0v) is 10.9. The van der Waals surface area contributed by atoms with Crippen LogP contribution in [0.5, 0.6) is 0 Å². The van der Waals surface area contributed by atoms with Gasteiger partial charge in [-0.05, 0) is 12.8 Å². The molecule has 0 aliphatic rings. The summed E-state index contributed by atoms with van der Waals surface area (Å²) in [5.74, 6) is 0. The third-order valence-corrected chi connectivity index (χ3v) is 2.15. The van der Waals surface area contributed by atoms with Crippen LogP contribution in [-0.4, -0.2) is 35.6 Å². The molecule has 0 aliphatic carbocycles. The van der Waals surface area contributed by atoms with E-state index < -0.39 is 6.09 Å². The number of hydrogen-bond acceptors (Lipinski definition) is 3. The topological polar surface area (TPSA) is 52.6 Å². The number of nitrogens with one attached hydrogen (secondary N) is 1. The molecule has 0 aromatic rings. The van der Waals surface area contributed by atoms with Gasteiger partial charge in [0.2, 0.25) is 0 Å². The lowest BCUT2D eigenvalue weighted by atomic mass is 10.3. The quantitative estimate of drug-likeness (QED) is 0.621. The largest absolute Gasteiger partial charge is 0.465 e. The molecule has 5 heteroatoms. The van der Waals surface area contributed by atoms with E-state index in [1.807, 2.05) is 5.32 Å². The Morgan fingerprint density at radius 3 is 1.80 bits per heavy atom. The Labute approximate surface area is 98.6 Å². The molecule has 0 atom stereocenters. The molecule has 0 heterocycles. The molecule has 4 nitrogen and oxygen atoms in total. The number of carbonyl (C=O) groups is 1. The summed E-state index contributed by atoms with van der Waals surface area (Å²) in [5, 5.41) is 9.56. The summed E-state index contributed by atoms with van der Waals surface area (Å²) in [6.07, 6.45) is 4.08. The second-order valence-corrected chi connectivity index (χ2v) is 3.78. The van der Waals surface area contributed by atoms with Crippen molar-refractivity contribution in [3.05, 3.63) is 0 Å². The van der Waals surface area contributed by atoms with Gasteiger partial charge in [0.15, 0.2) is 0 Å². The molecule has 0 aromatic heterocycles. The summed E-state index contributed by atoms with van der Waals surface area (Å²) < 4.78 is 2.12. The molecule has 0 aromatic carbocycles. The van der Waals surface area contributed by atoms with Crippen LogP contribution in [0.1, 0.15) is 39.5 Å². The van der Waals surface area contributed by atoms with Crippen LogP contribution in [0.2, 0.25) is 0 Å². The molecular weight excluding hydrogens is 212 g/mol. The summed E-state index contributed by atoms with van der Waals surface area (Å²) in [6.45, 7) is 6.70. The minimum Gasteiger partial charge on any atom is -0.465 e. The van der Waals surface area contributed by atoms with E-state index in [1.54, 1.807) is 0 Å². The number of hydrogen-bond donors (Lipinski definition) is 3. The van der Waals surface area contributed by atoms with E-state index in [1.165, 1.54) is 32.7 Å². The Kier molecular flexibility index (Phi) is 15.4. The zero-order valence-electron chi connectivity index (χ0n) is 9.99. The molecule has 92 valence electrons. The maximum atomic E-state index is 9.26. The molecule has 0 spiro atoms. The SMILES string of the molecule is CCCCN(S)CCCC.CNC(=O)O. The van der Waals surface area contributed by atoms with E-state index in [2.05, 4.69) is 31.0 Å². The molecule has 0 saturated heterocycles. The summed E-state index contributed by atoms with van der Waals surface area (Å²) in [6, 6.07) is 0. The van der Waals surface area contributed by atoms with Crippen LogP contribution in [0.25, 0.3) is 0 Å². The molecule has 0 fully saturated rings. The van der Waals surface area contributed by atoms with Gasteiger partial charge in [0.1, 0.15) is 0 Å². The van der Waals surface area contributed by atoms with Gasteiger partial charge in [-0.3, -0.25) is 4.31 Å². The van der Waals surface area contributed by atoms with E-state index >= 15 is 0 Å². The maximum absolute atomic E-state index is 9.26. The lowest BCUT2D eigenvalue weighted by Gasteiger charge is -2.13. The summed E-state index contributed by atoms with van der Waals surface area (Å²) in [5.41, 5.74) is 0. The molecule has 0 radical (unpaired) electrons. The van der Waals surface area contributed by atoms with Crippen molar-refractivity contribution >= 4 is 18.9 Å². The van der Waals surface area contributed by atoms with Crippen molar-refractivity contribution in [1.29, 1.82) is 0 Å². The Balaban J connectivity index is 0. The fraction of sp³-hybridized carbons (Fsp3) is 0.900. The van der Waals surface area contributed by atoms with Gasteiger partial charge in [-0.1, -0.05) is 39.5 Å². The van der Waals surface area contributed by atoms with Crippen LogP contribution >= 0.6 is 12.8 Å². The minimum absolute atomic E-state index is 0.995. The van der Waals surface area contributed by atoms with E-state index in [-0.39, 0.29) is 0 Å². The summed E-state index contributed by atoms with van der Waals surface area (Å²) in [7, 11) is 1.35. The summed E-state index contributed by atoms with van der Waals surface area (Å²) in [4.78, 5) is 9.26. The predicted molar refractivity (Wildman–Crippen MR) is 67.5 cm³/mol. The molecule has 1 amide bonds. The number of carboxylic acid groups (broad SMARTS) is 1. The number of rotatable bonds is 6. The highest BCUT2D eigenvalue weighted by Gasteiger charge is 1.95. The van der Waals surface area contributed by atoms with Crippen molar-refractivity contribution in [2.24, 2.45) is 0 Å². The second kappa shape index (κ2) is 13.6. The molecule has 0 rings (SSSR count). The fourth-order valence-electron chi connectivity index (χ4n) is 0.793. The fourth-order valence-corrected chi connectivity index (χ4v) is 1.08. The molecule has 0 aliphatic heterocycles. The van der Waals surface area contributed by atoms with Crippen molar-refractivity contribution in [2.45, 2.75) is 39.5 Å². The standard InChI is InChI=1S/C8H19NS.C2H5NO2/c1-3-5-7-9(10)8-6-4-2;1-3-2(4)5/h10H,3-8H2,1-2H3;3H,1H3,(H,4,5). The van der Waals surface area contributed by atoms with E-state index in [0.29, 0.717) is 0 Å². The first kappa shape index (κ1) is 17.0. The molecule has 2 N–H and O–H groups in total. The second-order valence-electron chi connectivity index (χ2n) is 3.22. The monoisotopic (exact) mass is 236 g/mol. The molecule has 15 heavy (non-hydrogen) atoms. The number of amides is 1. The van der Waals surface area contributed by atoms with Gasteiger partial charge >= 0.3 is 6.09 Å². The van der Waals surface area contributed by atoms with Crippen LogP contribution < -0.4 is 5.32 Å². The minimum atomic E-state index is -0.995. The highest BCUT2D eigenvalue weighted by molar-refractivity contribution is 7.77. The van der Waals surface area contributed by atoms with Gasteiger partial charge in [0, 0.05) is 20.1 Å². The van der Waals surface area contributed by atoms with Crippen LogP contribution in [0.3, 0.4) is 0 Å². The maximum Gasteiger partial charge on any atom is 0.404 e. The van der Waals surface area contributed by atoms with Gasteiger partial charge in [-0.15, -0.1) is 0 Å². The first-order valence-corrected chi connectivity index (χ1v) is 5.82. The Bertz CT molecular complexity index is 137. The van der Waals surface area contributed by atoms with Gasteiger partial charge in [0.25, 0.3) is 0 Å². The third-order valence-electron chi connectivity index (χ3n) is 1.75. The van der Waals surface area contributed by atoms with Gasteiger partial charge in [-0.2, -0.15) is 0 Å². The Morgan fingerprint density at radius 2 is 1.60 bits per heavy atom. The van der Waals surface area contributed by atoms with Crippen LogP contribution in [0.4, 0.5) is 4.79 Å². The van der Waals surface area contributed by atoms with E-state index in [9.17, 15) is 4.79 Å². The first-order chi connectivity index (χ1) is 7.08. The Hall–Kier alpha value is -0.420. The average Bonchev–Trinajstić information content (AvgIpc) is 2.24. The smallest absolute Gasteiger partial charge is 0.404 e. The van der Waals surface area contributed by atoms with Crippen molar-refractivity contribution in [2.75, 3.05) is 20.1 Å². The highest BCUT2D eigenvalue weighted by Crippen LogP contribution is 2.00. The van der Waals surface area contributed by atoms with Crippen molar-refractivity contribution in [3.8, 4) is 0 Å². The number of unbranched alkanes of at least 4 members (excludes halogenated alkanes) is 2. The predicted octanol–water partition coefficient (Wildman–Crippen LogP) is 2.62. The van der Waals surface area contributed by atoms with Gasteiger partial charge in [-0.25, -0.2) is 4.79 Å². The van der Waals surface area contributed by atoms with Crippen LogP contribution in [0.15, 0.2) is 0 Å². The zero-order chi connectivity index (χ0) is 12.1.